The highest BCUT2D eigenvalue weighted by Gasteiger charge is 2.30. The van der Waals surface area contributed by atoms with Crippen LogP contribution in [0.5, 0.6) is 0 Å². The number of aromatic nitrogens is 2. The van der Waals surface area contributed by atoms with Crippen molar-refractivity contribution in [3.8, 4) is 0 Å². The van der Waals surface area contributed by atoms with Crippen LogP contribution in [0.25, 0.3) is 0 Å². The van der Waals surface area contributed by atoms with Gasteiger partial charge in [0.05, 0.1) is 5.75 Å². The second kappa shape index (κ2) is 7.40. The monoisotopic (exact) mass is 344 g/mol. The van der Waals surface area contributed by atoms with E-state index >= 15 is 0 Å². The van der Waals surface area contributed by atoms with Crippen LogP contribution in [0.4, 0.5) is 0 Å². The Labute approximate surface area is 147 Å². The van der Waals surface area contributed by atoms with Crippen LogP contribution in [0, 0.1) is 13.8 Å². The molecule has 1 atom stereocenters. The van der Waals surface area contributed by atoms with Gasteiger partial charge in [-0.25, -0.2) is 4.98 Å². The lowest BCUT2D eigenvalue weighted by Crippen LogP contribution is -2.50. The van der Waals surface area contributed by atoms with E-state index in [9.17, 15) is 4.79 Å². The number of hydrogen-bond acceptors (Lipinski definition) is 4. The third kappa shape index (κ3) is 3.65. The lowest BCUT2D eigenvalue weighted by atomic mass is 10.1. The number of rotatable bonds is 4. The molecule has 1 N–H and O–H groups in total. The predicted octanol–water partition coefficient (Wildman–Crippen LogP) is 2.30. The van der Waals surface area contributed by atoms with E-state index in [1.165, 1.54) is 16.0 Å². The quantitative estimate of drug-likeness (QED) is 0.865. The van der Waals surface area contributed by atoms with Crippen molar-refractivity contribution >= 4 is 17.7 Å². The third-order valence-corrected chi connectivity index (χ3v) is 5.56. The highest BCUT2D eigenvalue weighted by molar-refractivity contribution is 8.00. The Balaban J connectivity index is 1.70. The van der Waals surface area contributed by atoms with Crippen LogP contribution >= 0.6 is 11.8 Å². The molecule has 0 aliphatic carbocycles. The molecule has 2 heterocycles. The van der Waals surface area contributed by atoms with Gasteiger partial charge in [-0.1, -0.05) is 17.7 Å². The van der Waals surface area contributed by atoms with Gasteiger partial charge in [0, 0.05) is 44.0 Å². The molecule has 24 heavy (non-hydrogen) atoms. The van der Waals surface area contributed by atoms with Crippen LogP contribution < -0.4 is 5.32 Å². The average molecular weight is 344 g/mol. The van der Waals surface area contributed by atoms with E-state index < -0.39 is 0 Å². The summed E-state index contributed by atoms with van der Waals surface area (Å²) in [5.74, 6) is 1.58. The minimum Gasteiger partial charge on any atom is -0.336 e. The standard InChI is InChI=1S/C18H24N4OS/c1-13-4-5-14(2)16(10-13)24-12-17(23)22-9-6-19-11-15(22)18-20-7-8-21(18)3/h4-5,7-8,10,15,19H,6,9,11-12H2,1-3H3. The van der Waals surface area contributed by atoms with Crippen LogP contribution in [0.3, 0.4) is 0 Å². The van der Waals surface area contributed by atoms with Crippen molar-refractivity contribution in [2.45, 2.75) is 24.8 Å². The van der Waals surface area contributed by atoms with Crippen LogP contribution in [-0.4, -0.2) is 45.7 Å². The number of carbonyl (C=O) groups is 1. The molecule has 1 aromatic heterocycles. The van der Waals surface area contributed by atoms with E-state index in [-0.39, 0.29) is 11.9 Å². The Kier molecular flexibility index (Phi) is 5.26. The third-order valence-electron chi connectivity index (χ3n) is 4.42. The molecule has 128 valence electrons. The zero-order chi connectivity index (χ0) is 17.1. The normalized spacial score (nSPS) is 18.0. The summed E-state index contributed by atoms with van der Waals surface area (Å²) in [7, 11) is 1.98. The number of nitrogens with one attached hydrogen (secondary N) is 1. The number of nitrogens with zero attached hydrogens (tertiary/aromatic N) is 3. The molecular formula is C18H24N4OS. The van der Waals surface area contributed by atoms with E-state index in [4.69, 9.17) is 0 Å². The van der Waals surface area contributed by atoms with E-state index in [1.807, 2.05) is 22.7 Å². The van der Waals surface area contributed by atoms with Crippen molar-refractivity contribution in [2.24, 2.45) is 7.05 Å². The SMILES string of the molecule is Cc1ccc(C)c(SCC(=O)N2CCNCC2c2nccn2C)c1. The van der Waals surface area contributed by atoms with E-state index in [2.05, 4.69) is 42.3 Å². The van der Waals surface area contributed by atoms with Gasteiger partial charge in [-0.3, -0.25) is 4.79 Å². The smallest absolute Gasteiger partial charge is 0.233 e. The number of carbonyl (C=O) groups excluding carboxylic acids is 1. The van der Waals surface area contributed by atoms with Crippen molar-refractivity contribution in [1.82, 2.24) is 19.8 Å². The second-order valence-corrected chi connectivity index (χ2v) is 7.28. The number of imidazole rings is 1. The maximum atomic E-state index is 12.8. The molecule has 1 aliphatic heterocycles. The summed E-state index contributed by atoms with van der Waals surface area (Å²) in [6.45, 7) is 6.49. The molecule has 0 spiro atoms. The van der Waals surface area contributed by atoms with Crippen molar-refractivity contribution < 1.29 is 4.79 Å². The fourth-order valence-corrected chi connectivity index (χ4v) is 4.03. The summed E-state index contributed by atoms with van der Waals surface area (Å²) in [5.41, 5.74) is 2.45. The van der Waals surface area contributed by atoms with Gasteiger partial charge in [-0.15, -0.1) is 11.8 Å². The first-order valence-corrected chi connectivity index (χ1v) is 9.22. The zero-order valence-electron chi connectivity index (χ0n) is 14.5. The topological polar surface area (TPSA) is 50.2 Å². The molecule has 5 nitrogen and oxygen atoms in total. The van der Waals surface area contributed by atoms with Gasteiger partial charge in [-0.05, 0) is 25.5 Å². The molecule has 0 radical (unpaired) electrons. The van der Waals surface area contributed by atoms with Gasteiger partial charge in [0.15, 0.2) is 0 Å². The van der Waals surface area contributed by atoms with Gasteiger partial charge < -0.3 is 14.8 Å². The molecule has 6 heteroatoms. The van der Waals surface area contributed by atoms with Crippen LogP contribution in [-0.2, 0) is 11.8 Å². The number of aryl methyl sites for hydroxylation is 3. The summed E-state index contributed by atoms with van der Waals surface area (Å²) in [4.78, 5) is 20.4. The minimum atomic E-state index is 0.00505. The van der Waals surface area contributed by atoms with Crippen molar-refractivity contribution in [1.29, 1.82) is 0 Å². The van der Waals surface area contributed by atoms with Gasteiger partial charge in [0.2, 0.25) is 5.91 Å². The average Bonchev–Trinajstić information content (AvgIpc) is 3.01. The summed E-state index contributed by atoms with van der Waals surface area (Å²) in [6, 6.07) is 6.38. The molecule has 0 bridgehead atoms. The molecule has 1 fully saturated rings. The maximum absolute atomic E-state index is 12.8. The largest absolute Gasteiger partial charge is 0.336 e. The Morgan fingerprint density at radius 2 is 2.25 bits per heavy atom. The maximum Gasteiger partial charge on any atom is 0.233 e. The second-order valence-electron chi connectivity index (χ2n) is 6.26. The van der Waals surface area contributed by atoms with E-state index in [0.29, 0.717) is 5.75 Å². The lowest BCUT2D eigenvalue weighted by Gasteiger charge is -2.35. The molecular weight excluding hydrogens is 320 g/mol. The van der Waals surface area contributed by atoms with E-state index in [0.717, 1.165) is 25.5 Å². The Morgan fingerprint density at radius 3 is 3.00 bits per heavy atom. The van der Waals surface area contributed by atoms with Crippen molar-refractivity contribution in [3.63, 3.8) is 0 Å². The number of thioether (sulfide) groups is 1. The minimum absolute atomic E-state index is 0.00505. The molecule has 1 saturated heterocycles. The summed E-state index contributed by atoms with van der Waals surface area (Å²) >= 11 is 1.63. The number of piperazine rings is 1. The number of benzene rings is 1. The molecule has 1 aromatic carbocycles. The Morgan fingerprint density at radius 1 is 1.42 bits per heavy atom. The van der Waals surface area contributed by atoms with Crippen LogP contribution in [0.1, 0.15) is 23.0 Å². The van der Waals surface area contributed by atoms with Crippen LogP contribution in [0.15, 0.2) is 35.5 Å². The van der Waals surface area contributed by atoms with Gasteiger partial charge in [0.25, 0.3) is 0 Å². The molecule has 1 unspecified atom stereocenters. The number of hydrogen-bond donors (Lipinski definition) is 1. The Hall–Kier alpha value is -1.79. The van der Waals surface area contributed by atoms with Gasteiger partial charge >= 0.3 is 0 Å². The predicted molar refractivity (Wildman–Crippen MR) is 97.2 cm³/mol. The Bertz CT molecular complexity index is 728. The molecule has 2 aromatic rings. The summed E-state index contributed by atoms with van der Waals surface area (Å²) in [5, 5.41) is 3.37. The van der Waals surface area contributed by atoms with Gasteiger partial charge in [0.1, 0.15) is 11.9 Å². The fraction of sp³-hybridized carbons (Fsp3) is 0.444. The molecule has 1 amide bonds. The highest BCUT2D eigenvalue weighted by atomic mass is 32.2. The van der Waals surface area contributed by atoms with Crippen molar-refractivity contribution in [2.75, 3.05) is 25.4 Å². The number of amides is 1. The molecule has 0 saturated carbocycles. The summed E-state index contributed by atoms with van der Waals surface area (Å²) < 4.78 is 2.00. The highest BCUT2D eigenvalue weighted by Crippen LogP contribution is 2.26. The first-order valence-electron chi connectivity index (χ1n) is 8.23. The van der Waals surface area contributed by atoms with Crippen molar-refractivity contribution in [3.05, 3.63) is 47.5 Å². The van der Waals surface area contributed by atoms with Gasteiger partial charge in [-0.2, -0.15) is 0 Å². The molecule has 1 aliphatic rings. The summed E-state index contributed by atoms with van der Waals surface area (Å²) in [6.07, 6.45) is 3.72. The first kappa shape index (κ1) is 17.0. The van der Waals surface area contributed by atoms with Crippen LogP contribution in [0.2, 0.25) is 0 Å². The first-order chi connectivity index (χ1) is 11.6. The van der Waals surface area contributed by atoms with E-state index in [1.54, 1.807) is 18.0 Å². The fourth-order valence-electron chi connectivity index (χ4n) is 3.02. The zero-order valence-corrected chi connectivity index (χ0v) is 15.3. The lowest BCUT2D eigenvalue weighted by molar-refractivity contribution is -0.131. The molecule has 3 rings (SSSR count).